The Balaban J connectivity index is 1.90. The van der Waals surface area contributed by atoms with Gasteiger partial charge in [-0.2, -0.15) is 11.3 Å². The second-order valence-corrected chi connectivity index (χ2v) is 5.19. The van der Waals surface area contributed by atoms with Crippen LogP contribution in [-0.2, 0) is 6.54 Å². The zero-order valence-electron chi connectivity index (χ0n) is 10.8. The van der Waals surface area contributed by atoms with Crippen LogP contribution >= 0.6 is 11.3 Å². The first-order valence-corrected chi connectivity index (χ1v) is 7.15. The molecule has 0 unspecified atom stereocenters. The molecule has 5 nitrogen and oxygen atoms in total. The van der Waals surface area contributed by atoms with Gasteiger partial charge in [0, 0.05) is 28.4 Å². The Hall–Kier alpha value is -2.60. The SMILES string of the molecule is O=C(NCc1c(C(=O)O)oc2ccccc12)c1ccsc1. The van der Waals surface area contributed by atoms with Crippen LogP contribution in [0.15, 0.2) is 45.5 Å². The summed E-state index contributed by atoms with van der Waals surface area (Å²) in [6.07, 6.45) is 0. The van der Waals surface area contributed by atoms with Crippen LogP contribution in [0.25, 0.3) is 11.0 Å². The van der Waals surface area contributed by atoms with Crippen LogP contribution in [0.3, 0.4) is 0 Å². The zero-order valence-corrected chi connectivity index (χ0v) is 11.6. The van der Waals surface area contributed by atoms with Crippen molar-refractivity contribution in [2.75, 3.05) is 0 Å². The highest BCUT2D eigenvalue weighted by molar-refractivity contribution is 7.08. The maximum Gasteiger partial charge on any atom is 0.372 e. The molecule has 0 atom stereocenters. The fourth-order valence-electron chi connectivity index (χ4n) is 2.11. The topological polar surface area (TPSA) is 79.5 Å². The lowest BCUT2D eigenvalue weighted by atomic mass is 10.1. The Morgan fingerprint density at radius 1 is 1.24 bits per heavy atom. The highest BCUT2D eigenvalue weighted by atomic mass is 32.1. The van der Waals surface area contributed by atoms with Crippen LogP contribution in [0, 0.1) is 0 Å². The number of thiophene rings is 1. The number of carbonyl (C=O) groups is 2. The molecule has 0 saturated heterocycles. The zero-order chi connectivity index (χ0) is 14.8. The minimum absolute atomic E-state index is 0.104. The number of carbonyl (C=O) groups excluding carboxylic acids is 1. The van der Waals surface area contributed by atoms with E-state index in [4.69, 9.17) is 4.42 Å². The smallest absolute Gasteiger partial charge is 0.372 e. The highest BCUT2D eigenvalue weighted by Gasteiger charge is 2.20. The average molecular weight is 301 g/mol. The van der Waals surface area contributed by atoms with E-state index in [2.05, 4.69) is 5.32 Å². The van der Waals surface area contributed by atoms with Crippen molar-refractivity contribution >= 4 is 34.2 Å². The number of hydrogen-bond donors (Lipinski definition) is 2. The summed E-state index contributed by atoms with van der Waals surface area (Å²) in [6, 6.07) is 8.76. The van der Waals surface area contributed by atoms with E-state index < -0.39 is 5.97 Å². The Bertz CT molecular complexity index is 804. The summed E-state index contributed by atoms with van der Waals surface area (Å²) in [7, 11) is 0. The Kier molecular flexibility index (Phi) is 3.45. The van der Waals surface area contributed by atoms with Crippen LogP contribution in [0.4, 0.5) is 0 Å². The molecule has 0 aliphatic rings. The van der Waals surface area contributed by atoms with E-state index in [0.717, 1.165) is 0 Å². The first kappa shape index (κ1) is 13.4. The van der Waals surface area contributed by atoms with E-state index in [-0.39, 0.29) is 18.2 Å². The molecule has 21 heavy (non-hydrogen) atoms. The van der Waals surface area contributed by atoms with Gasteiger partial charge in [-0.25, -0.2) is 4.79 Å². The van der Waals surface area contributed by atoms with Gasteiger partial charge in [-0.05, 0) is 17.5 Å². The molecule has 1 amide bonds. The minimum atomic E-state index is -1.15. The third-order valence-corrected chi connectivity index (χ3v) is 3.78. The van der Waals surface area contributed by atoms with E-state index >= 15 is 0 Å². The second-order valence-electron chi connectivity index (χ2n) is 4.41. The summed E-state index contributed by atoms with van der Waals surface area (Å²) in [6.45, 7) is 0.104. The molecule has 0 saturated carbocycles. The van der Waals surface area contributed by atoms with E-state index in [9.17, 15) is 14.7 Å². The third kappa shape index (κ3) is 2.53. The third-order valence-electron chi connectivity index (χ3n) is 3.10. The van der Waals surface area contributed by atoms with E-state index in [1.54, 1.807) is 35.7 Å². The van der Waals surface area contributed by atoms with Crippen molar-refractivity contribution in [2.45, 2.75) is 6.54 Å². The fraction of sp³-hybridized carbons (Fsp3) is 0.0667. The number of amides is 1. The Labute approximate surface area is 123 Å². The van der Waals surface area contributed by atoms with Gasteiger partial charge in [-0.15, -0.1) is 0 Å². The molecule has 0 fully saturated rings. The van der Waals surface area contributed by atoms with Crippen molar-refractivity contribution < 1.29 is 19.1 Å². The maximum atomic E-state index is 11.9. The lowest BCUT2D eigenvalue weighted by molar-refractivity contribution is 0.0662. The molecule has 0 aliphatic heterocycles. The van der Waals surface area contributed by atoms with Crippen LogP contribution in [0.1, 0.15) is 26.5 Å². The molecule has 1 aromatic carbocycles. The monoisotopic (exact) mass is 301 g/mol. The molecular formula is C15H11NO4S. The van der Waals surface area contributed by atoms with Gasteiger partial charge < -0.3 is 14.8 Å². The summed E-state index contributed by atoms with van der Waals surface area (Å²) < 4.78 is 5.33. The van der Waals surface area contributed by atoms with Crippen molar-refractivity contribution in [3.05, 3.63) is 58.0 Å². The first-order chi connectivity index (χ1) is 10.2. The molecule has 0 aliphatic carbocycles. The van der Waals surface area contributed by atoms with Crippen LogP contribution in [0.5, 0.6) is 0 Å². The maximum absolute atomic E-state index is 11.9. The molecule has 0 bridgehead atoms. The predicted octanol–water partition coefficient (Wildman–Crippen LogP) is 3.12. The number of carboxylic acids is 1. The number of rotatable bonds is 4. The van der Waals surface area contributed by atoms with Crippen molar-refractivity contribution in [1.29, 1.82) is 0 Å². The minimum Gasteiger partial charge on any atom is -0.475 e. The van der Waals surface area contributed by atoms with Gasteiger partial charge in [0.15, 0.2) is 0 Å². The number of furan rings is 1. The van der Waals surface area contributed by atoms with Crippen molar-refractivity contribution in [1.82, 2.24) is 5.32 Å². The van der Waals surface area contributed by atoms with Crippen LogP contribution < -0.4 is 5.32 Å². The second kappa shape index (κ2) is 5.41. The van der Waals surface area contributed by atoms with Gasteiger partial charge in [0.1, 0.15) is 5.58 Å². The standard InChI is InChI=1S/C15H11NO4S/c17-14(9-5-6-21-8-9)16-7-11-10-3-1-2-4-12(10)20-13(11)15(18)19/h1-6,8H,7H2,(H,16,17)(H,18,19). The number of nitrogens with one attached hydrogen (secondary N) is 1. The van der Waals surface area contributed by atoms with E-state index in [0.29, 0.717) is 22.1 Å². The van der Waals surface area contributed by atoms with Gasteiger partial charge in [0.25, 0.3) is 5.91 Å². The molecule has 0 spiro atoms. The Morgan fingerprint density at radius 2 is 2.05 bits per heavy atom. The van der Waals surface area contributed by atoms with Crippen molar-refractivity contribution in [2.24, 2.45) is 0 Å². The van der Waals surface area contributed by atoms with Crippen LogP contribution in [-0.4, -0.2) is 17.0 Å². The number of carboxylic acid groups (broad SMARTS) is 1. The summed E-state index contributed by atoms with van der Waals surface area (Å²) in [4.78, 5) is 23.2. The van der Waals surface area contributed by atoms with Crippen LogP contribution in [0.2, 0.25) is 0 Å². The summed E-state index contributed by atoms with van der Waals surface area (Å²) in [5, 5.41) is 16.2. The summed E-state index contributed by atoms with van der Waals surface area (Å²) in [5.41, 5.74) is 1.53. The van der Waals surface area contributed by atoms with Gasteiger partial charge >= 0.3 is 5.97 Å². The summed E-state index contributed by atoms with van der Waals surface area (Å²) >= 11 is 1.43. The number of aromatic carboxylic acids is 1. The van der Waals surface area contributed by atoms with Gasteiger partial charge in [-0.1, -0.05) is 18.2 Å². The number of fused-ring (bicyclic) bond motifs is 1. The first-order valence-electron chi connectivity index (χ1n) is 6.21. The van der Waals surface area contributed by atoms with Crippen molar-refractivity contribution in [3.63, 3.8) is 0 Å². The van der Waals surface area contributed by atoms with Gasteiger partial charge in [-0.3, -0.25) is 4.79 Å². The number of hydrogen-bond acceptors (Lipinski definition) is 4. The molecule has 106 valence electrons. The fourth-order valence-corrected chi connectivity index (χ4v) is 2.75. The predicted molar refractivity (Wildman–Crippen MR) is 78.7 cm³/mol. The summed E-state index contributed by atoms with van der Waals surface area (Å²) in [5.74, 6) is -1.52. The number of para-hydroxylation sites is 1. The molecule has 2 N–H and O–H groups in total. The van der Waals surface area contributed by atoms with E-state index in [1.807, 2.05) is 5.38 Å². The molecule has 0 radical (unpaired) electrons. The molecule has 2 aromatic heterocycles. The van der Waals surface area contributed by atoms with Gasteiger partial charge in [0.2, 0.25) is 5.76 Å². The highest BCUT2D eigenvalue weighted by Crippen LogP contribution is 2.25. The molecule has 2 heterocycles. The lowest BCUT2D eigenvalue weighted by Gasteiger charge is -2.03. The van der Waals surface area contributed by atoms with E-state index in [1.165, 1.54) is 11.3 Å². The average Bonchev–Trinajstić information content (AvgIpc) is 3.12. The molecular weight excluding hydrogens is 290 g/mol. The molecule has 6 heteroatoms. The Morgan fingerprint density at radius 3 is 2.76 bits per heavy atom. The largest absolute Gasteiger partial charge is 0.475 e. The lowest BCUT2D eigenvalue weighted by Crippen LogP contribution is -2.23. The van der Waals surface area contributed by atoms with Gasteiger partial charge in [0.05, 0.1) is 0 Å². The molecule has 3 aromatic rings. The normalized spacial score (nSPS) is 10.7. The quantitative estimate of drug-likeness (QED) is 0.776. The number of benzene rings is 1. The molecule has 3 rings (SSSR count). The van der Waals surface area contributed by atoms with Crippen molar-refractivity contribution in [3.8, 4) is 0 Å².